The van der Waals surface area contributed by atoms with Crippen LogP contribution in [0.2, 0.25) is 0 Å². The summed E-state index contributed by atoms with van der Waals surface area (Å²) < 4.78 is 11.4. The van der Waals surface area contributed by atoms with Gasteiger partial charge in [-0.15, -0.1) is 0 Å². The van der Waals surface area contributed by atoms with E-state index in [0.29, 0.717) is 18.1 Å². The van der Waals surface area contributed by atoms with Crippen LogP contribution in [0.25, 0.3) is 0 Å². The van der Waals surface area contributed by atoms with Crippen LogP contribution in [0.5, 0.6) is 11.5 Å². The normalized spacial score (nSPS) is 26.8. The summed E-state index contributed by atoms with van der Waals surface area (Å²) in [5, 5.41) is 0. The highest BCUT2D eigenvalue weighted by molar-refractivity contribution is 5.44. The monoisotopic (exact) mass is 276 g/mol. The first kappa shape index (κ1) is 13.7. The third kappa shape index (κ3) is 2.76. The Hall–Kier alpha value is -1.26. The van der Waals surface area contributed by atoms with Crippen LogP contribution in [0.15, 0.2) is 18.2 Å². The maximum atomic E-state index is 5.97. The Morgan fingerprint density at radius 2 is 2.10 bits per heavy atom. The molecule has 0 bridgehead atoms. The number of nitrogens with zero attached hydrogens (tertiary/aromatic N) is 1. The van der Waals surface area contributed by atoms with Crippen LogP contribution in [0, 0.1) is 5.92 Å². The molecule has 2 aliphatic rings. The fourth-order valence-electron chi connectivity index (χ4n) is 3.02. The molecule has 2 unspecified atom stereocenters. The van der Waals surface area contributed by atoms with E-state index >= 15 is 0 Å². The highest BCUT2D eigenvalue weighted by Gasteiger charge is 2.31. The Morgan fingerprint density at radius 3 is 2.70 bits per heavy atom. The van der Waals surface area contributed by atoms with Crippen molar-refractivity contribution in [3.8, 4) is 11.5 Å². The fourth-order valence-corrected chi connectivity index (χ4v) is 3.02. The number of benzene rings is 1. The first-order valence-corrected chi connectivity index (χ1v) is 7.46. The summed E-state index contributed by atoms with van der Waals surface area (Å²) in [6.07, 6.45) is 3.83. The summed E-state index contributed by atoms with van der Waals surface area (Å²) in [7, 11) is 3.87. The predicted molar refractivity (Wildman–Crippen MR) is 79.2 cm³/mol. The van der Waals surface area contributed by atoms with E-state index in [4.69, 9.17) is 15.2 Å². The zero-order valence-corrected chi connectivity index (χ0v) is 12.3. The molecular formula is C16H24N2O2. The summed E-state index contributed by atoms with van der Waals surface area (Å²) in [6.45, 7) is 1.84. The van der Waals surface area contributed by atoms with Gasteiger partial charge < -0.3 is 15.2 Å². The number of hydrogen-bond acceptors (Lipinski definition) is 4. The molecule has 1 saturated heterocycles. The van der Waals surface area contributed by atoms with E-state index < -0.39 is 0 Å². The zero-order chi connectivity index (χ0) is 14.1. The number of rotatable bonds is 5. The SMILES string of the molecule is COc1ccc(C2CC(CN)CN2C)cc1OC1CC1. The lowest BCUT2D eigenvalue weighted by molar-refractivity contribution is 0.278. The summed E-state index contributed by atoms with van der Waals surface area (Å²) in [4.78, 5) is 2.39. The van der Waals surface area contributed by atoms with Gasteiger partial charge in [-0.2, -0.15) is 0 Å². The maximum Gasteiger partial charge on any atom is 0.161 e. The molecule has 2 atom stereocenters. The first-order valence-electron chi connectivity index (χ1n) is 7.46. The molecular weight excluding hydrogens is 252 g/mol. The average Bonchev–Trinajstić information content (AvgIpc) is 3.19. The van der Waals surface area contributed by atoms with E-state index in [9.17, 15) is 0 Å². The lowest BCUT2D eigenvalue weighted by Gasteiger charge is -2.21. The quantitative estimate of drug-likeness (QED) is 0.895. The minimum atomic E-state index is 0.386. The number of likely N-dealkylation sites (tertiary alicyclic amines) is 1. The van der Waals surface area contributed by atoms with E-state index in [1.165, 1.54) is 5.56 Å². The van der Waals surface area contributed by atoms with Gasteiger partial charge in [0.2, 0.25) is 0 Å². The number of nitrogens with two attached hydrogens (primary N) is 1. The Labute approximate surface area is 120 Å². The van der Waals surface area contributed by atoms with Gasteiger partial charge in [0.1, 0.15) is 0 Å². The molecule has 1 aromatic carbocycles. The van der Waals surface area contributed by atoms with Gasteiger partial charge in [0.25, 0.3) is 0 Å². The van der Waals surface area contributed by atoms with Crippen LogP contribution in [0.4, 0.5) is 0 Å². The second-order valence-corrected chi connectivity index (χ2v) is 6.02. The zero-order valence-electron chi connectivity index (χ0n) is 12.3. The Morgan fingerprint density at radius 1 is 1.30 bits per heavy atom. The molecule has 0 amide bonds. The molecule has 4 nitrogen and oxygen atoms in total. The van der Waals surface area contributed by atoms with Crippen molar-refractivity contribution in [3.05, 3.63) is 23.8 Å². The van der Waals surface area contributed by atoms with Crippen molar-refractivity contribution in [2.45, 2.75) is 31.4 Å². The van der Waals surface area contributed by atoms with Crippen LogP contribution in [0.3, 0.4) is 0 Å². The highest BCUT2D eigenvalue weighted by Crippen LogP contribution is 2.39. The second-order valence-electron chi connectivity index (χ2n) is 6.02. The fraction of sp³-hybridized carbons (Fsp3) is 0.625. The molecule has 1 aliphatic heterocycles. The molecule has 2 fully saturated rings. The summed E-state index contributed by atoms with van der Waals surface area (Å²) in [6, 6.07) is 6.77. The van der Waals surface area contributed by atoms with Crippen molar-refractivity contribution in [3.63, 3.8) is 0 Å². The Balaban J connectivity index is 1.82. The topological polar surface area (TPSA) is 47.7 Å². The summed E-state index contributed by atoms with van der Waals surface area (Å²) in [5.41, 5.74) is 7.12. The Kier molecular flexibility index (Phi) is 3.85. The molecule has 3 rings (SSSR count). The molecule has 1 aliphatic carbocycles. The van der Waals surface area contributed by atoms with Crippen molar-refractivity contribution in [1.29, 1.82) is 0 Å². The van der Waals surface area contributed by atoms with Gasteiger partial charge in [0.05, 0.1) is 13.2 Å². The van der Waals surface area contributed by atoms with Gasteiger partial charge in [0, 0.05) is 12.6 Å². The van der Waals surface area contributed by atoms with Crippen molar-refractivity contribution in [2.24, 2.45) is 11.7 Å². The van der Waals surface area contributed by atoms with E-state index in [1.54, 1.807) is 7.11 Å². The van der Waals surface area contributed by atoms with Gasteiger partial charge in [-0.05, 0) is 56.5 Å². The number of methoxy groups -OCH3 is 1. The van der Waals surface area contributed by atoms with E-state index in [-0.39, 0.29) is 0 Å². The van der Waals surface area contributed by atoms with Crippen molar-refractivity contribution in [1.82, 2.24) is 4.90 Å². The van der Waals surface area contributed by atoms with E-state index in [2.05, 4.69) is 24.1 Å². The average molecular weight is 276 g/mol. The molecule has 0 spiro atoms. The van der Waals surface area contributed by atoms with E-state index in [0.717, 1.165) is 43.9 Å². The minimum absolute atomic E-state index is 0.386. The molecule has 2 N–H and O–H groups in total. The van der Waals surface area contributed by atoms with Gasteiger partial charge in [-0.25, -0.2) is 0 Å². The van der Waals surface area contributed by atoms with E-state index in [1.807, 2.05) is 6.07 Å². The minimum Gasteiger partial charge on any atom is -0.493 e. The van der Waals surface area contributed by atoms with Gasteiger partial charge in [0.15, 0.2) is 11.5 Å². The molecule has 110 valence electrons. The summed E-state index contributed by atoms with van der Waals surface area (Å²) >= 11 is 0. The maximum absolute atomic E-state index is 5.97. The largest absolute Gasteiger partial charge is 0.493 e. The molecule has 1 heterocycles. The third-order valence-electron chi connectivity index (χ3n) is 4.36. The predicted octanol–water partition coefficient (Wildman–Crippen LogP) is 2.19. The highest BCUT2D eigenvalue weighted by atomic mass is 16.5. The van der Waals surface area contributed by atoms with Crippen LogP contribution in [-0.2, 0) is 0 Å². The van der Waals surface area contributed by atoms with Gasteiger partial charge in [-0.1, -0.05) is 6.07 Å². The van der Waals surface area contributed by atoms with Crippen LogP contribution >= 0.6 is 0 Å². The van der Waals surface area contributed by atoms with Crippen molar-refractivity contribution < 1.29 is 9.47 Å². The Bertz CT molecular complexity index is 474. The molecule has 1 saturated carbocycles. The van der Waals surface area contributed by atoms with Crippen molar-refractivity contribution >= 4 is 0 Å². The molecule has 0 radical (unpaired) electrons. The lowest BCUT2D eigenvalue weighted by atomic mass is 9.99. The first-order chi connectivity index (χ1) is 9.71. The molecule has 20 heavy (non-hydrogen) atoms. The second kappa shape index (κ2) is 5.62. The smallest absolute Gasteiger partial charge is 0.161 e. The molecule has 4 heteroatoms. The standard InChI is InChI=1S/C16H24N2O2/c1-18-10-11(9-17)7-14(18)12-3-6-15(19-2)16(8-12)20-13-4-5-13/h3,6,8,11,13-14H,4-5,7,9-10,17H2,1-2H3. The van der Waals surface area contributed by atoms with Crippen molar-refractivity contribution in [2.75, 3.05) is 27.2 Å². The van der Waals surface area contributed by atoms with Crippen LogP contribution < -0.4 is 15.2 Å². The number of ether oxygens (including phenoxy) is 2. The molecule has 1 aromatic rings. The van der Waals surface area contributed by atoms with Gasteiger partial charge in [-0.3, -0.25) is 4.90 Å². The van der Waals surface area contributed by atoms with Crippen LogP contribution in [-0.4, -0.2) is 38.3 Å². The number of hydrogen-bond donors (Lipinski definition) is 1. The summed E-state index contributed by atoms with van der Waals surface area (Å²) in [5.74, 6) is 2.31. The van der Waals surface area contributed by atoms with Crippen LogP contribution in [0.1, 0.15) is 30.9 Å². The molecule has 0 aromatic heterocycles. The van der Waals surface area contributed by atoms with Gasteiger partial charge >= 0.3 is 0 Å². The third-order valence-corrected chi connectivity index (χ3v) is 4.36. The lowest BCUT2D eigenvalue weighted by Crippen LogP contribution is -2.20.